The standard InChI is InChI=1S/C22H29ClN4O4S/c1-5-26-10-12-27(13-11-26)20-9-7-18(14-16(20)2)24-22(28)17-6-8-19(23)21(15-17)32(29,30)25(3)31-4/h6-9,14-15H,5,10-13H2,1-4H3,(H,24,28). The van der Waals surface area contributed by atoms with Crippen molar-refractivity contribution in [2.75, 3.05) is 57.1 Å². The first-order valence-electron chi connectivity index (χ1n) is 10.4. The molecule has 2 aromatic carbocycles. The van der Waals surface area contributed by atoms with Gasteiger partial charge in [-0.15, -0.1) is 0 Å². The summed E-state index contributed by atoms with van der Waals surface area (Å²) in [5, 5.41) is 2.85. The third-order valence-corrected chi connectivity index (χ3v) is 7.84. The Morgan fingerprint density at radius 2 is 1.84 bits per heavy atom. The van der Waals surface area contributed by atoms with Gasteiger partial charge in [0, 0.05) is 50.2 Å². The fourth-order valence-corrected chi connectivity index (χ4v) is 5.15. The van der Waals surface area contributed by atoms with Gasteiger partial charge in [-0.2, -0.15) is 0 Å². The van der Waals surface area contributed by atoms with Gasteiger partial charge in [-0.25, -0.2) is 8.42 Å². The van der Waals surface area contributed by atoms with Crippen LogP contribution < -0.4 is 10.2 Å². The van der Waals surface area contributed by atoms with E-state index in [-0.39, 0.29) is 15.5 Å². The van der Waals surface area contributed by atoms with Gasteiger partial charge in [0.05, 0.1) is 12.1 Å². The molecule has 0 spiro atoms. The zero-order valence-corrected chi connectivity index (χ0v) is 20.3. The molecule has 0 saturated carbocycles. The highest BCUT2D eigenvalue weighted by molar-refractivity contribution is 7.89. The van der Waals surface area contributed by atoms with E-state index in [1.165, 1.54) is 32.4 Å². The van der Waals surface area contributed by atoms with Gasteiger partial charge in [0.15, 0.2) is 0 Å². The Bertz CT molecular complexity index is 1090. The summed E-state index contributed by atoms with van der Waals surface area (Å²) in [6, 6.07) is 9.91. The molecule has 0 unspecified atom stereocenters. The summed E-state index contributed by atoms with van der Waals surface area (Å²) in [5.41, 5.74) is 3.03. The van der Waals surface area contributed by atoms with Crippen LogP contribution in [-0.2, 0) is 14.9 Å². The lowest BCUT2D eigenvalue weighted by Crippen LogP contribution is -2.46. The number of benzene rings is 2. The minimum atomic E-state index is -3.99. The quantitative estimate of drug-likeness (QED) is 0.613. The molecule has 3 rings (SSSR count). The average Bonchev–Trinajstić information content (AvgIpc) is 2.78. The third-order valence-electron chi connectivity index (χ3n) is 5.68. The number of likely N-dealkylation sites (N-methyl/N-ethyl adjacent to an activating group) is 1. The number of hydrogen-bond donors (Lipinski definition) is 1. The molecule has 10 heteroatoms. The predicted octanol–water partition coefficient (Wildman–Crippen LogP) is 3.22. The number of carbonyl (C=O) groups excluding carboxylic acids is 1. The van der Waals surface area contributed by atoms with Gasteiger partial charge in [0.25, 0.3) is 15.9 Å². The zero-order chi connectivity index (χ0) is 23.5. The highest BCUT2D eigenvalue weighted by atomic mass is 35.5. The molecular formula is C22H29ClN4O4S. The summed E-state index contributed by atoms with van der Waals surface area (Å²) in [6.45, 7) is 9.27. The zero-order valence-electron chi connectivity index (χ0n) is 18.8. The van der Waals surface area contributed by atoms with E-state index in [0.29, 0.717) is 10.2 Å². The number of sulfonamides is 1. The molecule has 0 radical (unpaired) electrons. The molecular weight excluding hydrogens is 452 g/mol. The molecule has 0 aromatic heterocycles. The van der Waals surface area contributed by atoms with Crippen molar-refractivity contribution >= 4 is 38.9 Å². The molecule has 174 valence electrons. The summed E-state index contributed by atoms with van der Waals surface area (Å²) in [7, 11) is -1.50. The normalized spacial score (nSPS) is 15.2. The first kappa shape index (κ1) is 24.5. The van der Waals surface area contributed by atoms with Crippen LogP contribution in [0.25, 0.3) is 0 Å². The van der Waals surface area contributed by atoms with Gasteiger partial charge >= 0.3 is 0 Å². The number of anilines is 2. The summed E-state index contributed by atoms with van der Waals surface area (Å²) in [5.74, 6) is -0.429. The number of piperazine rings is 1. The third kappa shape index (κ3) is 5.24. The van der Waals surface area contributed by atoms with E-state index in [2.05, 4.69) is 22.0 Å². The van der Waals surface area contributed by atoms with Crippen LogP contribution in [0.15, 0.2) is 41.3 Å². The van der Waals surface area contributed by atoms with Crippen molar-refractivity contribution in [1.29, 1.82) is 0 Å². The molecule has 2 aromatic rings. The fraction of sp³-hybridized carbons (Fsp3) is 0.409. The van der Waals surface area contributed by atoms with E-state index in [4.69, 9.17) is 16.4 Å². The lowest BCUT2D eigenvalue weighted by molar-refractivity contribution is -0.0258. The SMILES string of the molecule is CCN1CCN(c2ccc(NC(=O)c3ccc(Cl)c(S(=O)(=O)N(C)OC)c3)cc2C)CC1. The number of hydroxylamine groups is 1. The molecule has 0 atom stereocenters. The number of aryl methyl sites for hydroxylation is 1. The smallest absolute Gasteiger partial charge is 0.266 e. The van der Waals surface area contributed by atoms with Crippen LogP contribution in [0, 0.1) is 6.92 Å². The highest BCUT2D eigenvalue weighted by Crippen LogP contribution is 2.27. The largest absolute Gasteiger partial charge is 0.369 e. The minimum absolute atomic E-state index is 0.00816. The summed E-state index contributed by atoms with van der Waals surface area (Å²) < 4.78 is 25.8. The van der Waals surface area contributed by atoms with Crippen molar-refractivity contribution in [3.8, 4) is 0 Å². The van der Waals surface area contributed by atoms with Crippen molar-refractivity contribution in [2.24, 2.45) is 0 Å². The summed E-state index contributed by atoms with van der Waals surface area (Å²) in [4.78, 5) is 22.2. The molecule has 0 aliphatic carbocycles. The molecule has 1 heterocycles. The van der Waals surface area contributed by atoms with Gasteiger partial charge in [0.1, 0.15) is 4.90 Å². The van der Waals surface area contributed by atoms with E-state index < -0.39 is 15.9 Å². The van der Waals surface area contributed by atoms with E-state index in [1.807, 2.05) is 25.1 Å². The molecule has 8 nitrogen and oxygen atoms in total. The Kier molecular flexibility index (Phi) is 7.79. The van der Waals surface area contributed by atoms with Crippen LogP contribution in [0.3, 0.4) is 0 Å². The minimum Gasteiger partial charge on any atom is -0.369 e. The number of nitrogens with zero attached hydrogens (tertiary/aromatic N) is 3. The highest BCUT2D eigenvalue weighted by Gasteiger charge is 2.25. The maximum atomic E-state index is 12.8. The second-order valence-electron chi connectivity index (χ2n) is 7.62. The van der Waals surface area contributed by atoms with Crippen LogP contribution in [0.5, 0.6) is 0 Å². The average molecular weight is 481 g/mol. The molecule has 0 bridgehead atoms. The molecule has 1 fully saturated rings. The predicted molar refractivity (Wildman–Crippen MR) is 127 cm³/mol. The Balaban J connectivity index is 1.76. The van der Waals surface area contributed by atoms with Crippen LogP contribution in [-0.4, -0.2) is 70.6 Å². The Morgan fingerprint density at radius 3 is 2.44 bits per heavy atom. The van der Waals surface area contributed by atoms with Crippen molar-refractivity contribution in [3.05, 3.63) is 52.5 Å². The van der Waals surface area contributed by atoms with Crippen LogP contribution in [0.4, 0.5) is 11.4 Å². The lowest BCUT2D eigenvalue weighted by atomic mass is 10.1. The first-order valence-corrected chi connectivity index (χ1v) is 12.2. The monoisotopic (exact) mass is 480 g/mol. The number of carbonyl (C=O) groups is 1. The number of nitrogens with one attached hydrogen (secondary N) is 1. The van der Waals surface area contributed by atoms with E-state index in [9.17, 15) is 13.2 Å². The second-order valence-corrected chi connectivity index (χ2v) is 9.93. The van der Waals surface area contributed by atoms with Gasteiger partial charge in [-0.1, -0.05) is 23.0 Å². The molecule has 1 saturated heterocycles. The maximum absolute atomic E-state index is 12.8. The first-order chi connectivity index (χ1) is 15.2. The maximum Gasteiger partial charge on any atom is 0.266 e. The fourth-order valence-electron chi connectivity index (χ4n) is 3.68. The van der Waals surface area contributed by atoms with Gasteiger partial charge in [-0.05, 0) is 55.4 Å². The van der Waals surface area contributed by atoms with Crippen molar-refractivity contribution < 1.29 is 18.0 Å². The van der Waals surface area contributed by atoms with Crippen LogP contribution >= 0.6 is 11.6 Å². The van der Waals surface area contributed by atoms with Crippen molar-refractivity contribution in [3.63, 3.8) is 0 Å². The number of halogens is 1. The van der Waals surface area contributed by atoms with E-state index >= 15 is 0 Å². The van der Waals surface area contributed by atoms with Gasteiger partial charge < -0.3 is 15.1 Å². The topological polar surface area (TPSA) is 82.2 Å². The van der Waals surface area contributed by atoms with Crippen molar-refractivity contribution in [2.45, 2.75) is 18.7 Å². The van der Waals surface area contributed by atoms with Gasteiger partial charge in [0.2, 0.25) is 0 Å². The Labute approximate surface area is 194 Å². The van der Waals surface area contributed by atoms with Crippen molar-refractivity contribution in [1.82, 2.24) is 9.37 Å². The number of rotatable bonds is 7. The molecule has 1 N–H and O–H groups in total. The number of amides is 1. The van der Waals surface area contributed by atoms with E-state index in [0.717, 1.165) is 44.0 Å². The Morgan fingerprint density at radius 1 is 1.16 bits per heavy atom. The molecule has 32 heavy (non-hydrogen) atoms. The lowest BCUT2D eigenvalue weighted by Gasteiger charge is -2.36. The molecule has 1 aliphatic rings. The Hall–Kier alpha value is -2.17. The van der Waals surface area contributed by atoms with Crippen LogP contribution in [0.1, 0.15) is 22.8 Å². The van der Waals surface area contributed by atoms with Crippen LogP contribution in [0.2, 0.25) is 5.02 Å². The summed E-state index contributed by atoms with van der Waals surface area (Å²) >= 11 is 6.08. The molecule has 1 aliphatic heterocycles. The number of hydrogen-bond acceptors (Lipinski definition) is 6. The molecule has 1 amide bonds. The van der Waals surface area contributed by atoms with E-state index in [1.54, 1.807) is 0 Å². The van der Waals surface area contributed by atoms with Gasteiger partial charge in [-0.3, -0.25) is 9.63 Å². The second kappa shape index (κ2) is 10.2. The summed E-state index contributed by atoms with van der Waals surface area (Å²) in [6.07, 6.45) is 0.